The number of ether oxygens (including phenoxy) is 1. The van der Waals surface area contributed by atoms with Gasteiger partial charge in [-0.3, -0.25) is 4.79 Å². The largest absolute Gasteiger partial charge is 0.464 e. The van der Waals surface area contributed by atoms with E-state index in [9.17, 15) is 4.79 Å². The van der Waals surface area contributed by atoms with Crippen molar-refractivity contribution in [2.45, 2.75) is 45.8 Å². The lowest BCUT2D eigenvalue weighted by Crippen LogP contribution is -2.34. The maximum Gasteiger partial charge on any atom is 0.322 e. The number of nitrogens with two attached hydrogens (primary N) is 1. The third kappa shape index (κ3) is 6.86. The van der Waals surface area contributed by atoms with Crippen LogP contribution in [0.1, 0.15) is 33.6 Å². The number of aliphatic hydroxyl groups excluding tert-OH is 1. The fourth-order valence-corrected chi connectivity index (χ4v) is 1.04. The Morgan fingerprint density at radius 3 is 2.43 bits per heavy atom. The number of hydrogen-bond acceptors (Lipinski definition) is 4. The molecule has 4 nitrogen and oxygen atoms in total. The Morgan fingerprint density at radius 1 is 1.43 bits per heavy atom. The number of rotatable bonds is 6. The average Bonchev–Trinajstić information content (AvgIpc) is 2.01. The highest BCUT2D eigenvalue weighted by atomic mass is 16.5. The molecule has 0 aromatic rings. The summed E-state index contributed by atoms with van der Waals surface area (Å²) in [6, 6.07) is -0.538. The quantitative estimate of drug-likeness (QED) is 0.622. The van der Waals surface area contributed by atoms with Crippen molar-refractivity contribution in [3.8, 4) is 0 Å². The molecule has 0 unspecified atom stereocenters. The third-order valence-corrected chi connectivity index (χ3v) is 1.81. The smallest absolute Gasteiger partial charge is 0.322 e. The molecule has 14 heavy (non-hydrogen) atoms. The van der Waals surface area contributed by atoms with Crippen LogP contribution in [0.2, 0.25) is 0 Å². The van der Waals surface area contributed by atoms with Crippen LogP contribution in [0.25, 0.3) is 0 Å². The highest BCUT2D eigenvalue weighted by Gasteiger charge is 2.16. The Bertz CT molecular complexity index is 169. The second kappa shape index (κ2) is 6.79. The number of carbonyl (C=O) groups excluding carboxylic acids is 1. The molecule has 0 aliphatic heterocycles. The van der Waals surface area contributed by atoms with E-state index in [1.54, 1.807) is 6.92 Å². The van der Waals surface area contributed by atoms with Gasteiger partial charge in [0.1, 0.15) is 6.04 Å². The van der Waals surface area contributed by atoms with Gasteiger partial charge < -0.3 is 15.6 Å². The third-order valence-electron chi connectivity index (χ3n) is 1.81. The van der Waals surface area contributed by atoms with Gasteiger partial charge in [-0.2, -0.15) is 0 Å². The lowest BCUT2D eigenvalue weighted by atomic mass is 10.1. The van der Waals surface area contributed by atoms with E-state index in [0.717, 1.165) is 0 Å². The molecule has 0 aliphatic carbocycles. The zero-order valence-corrected chi connectivity index (χ0v) is 9.19. The van der Waals surface area contributed by atoms with E-state index < -0.39 is 12.1 Å². The molecule has 0 saturated carbocycles. The maximum atomic E-state index is 11.2. The van der Waals surface area contributed by atoms with Crippen molar-refractivity contribution in [3.63, 3.8) is 0 Å². The summed E-state index contributed by atoms with van der Waals surface area (Å²) in [5, 5.41) is 8.93. The summed E-state index contributed by atoms with van der Waals surface area (Å²) in [5.74, 6) is 0.00802. The molecular formula is C10H21NO3. The minimum Gasteiger partial charge on any atom is -0.464 e. The molecule has 0 bridgehead atoms. The number of esters is 1. The first-order valence-electron chi connectivity index (χ1n) is 5.03. The minimum atomic E-state index is -0.538. The summed E-state index contributed by atoms with van der Waals surface area (Å²) in [7, 11) is 0. The molecule has 0 rings (SSSR count). The average molecular weight is 203 g/mol. The van der Waals surface area contributed by atoms with Crippen LogP contribution in [0.15, 0.2) is 0 Å². The van der Waals surface area contributed by atoms with Crippen LogP contribution in [0.3, 0.4) is 0 Å². The van der Waals surface area contributed by atoms with Crippen LogP contribution in [-0.2, 0) is 9.53 Å². The monoisotopic (exact) mass is 203 g/mol. The first-order valence-corrected chi connectivity index (χ1v) is 5.03. The summed E-state index contributed by atoms with van der Waals surface area (Å²) >= 11 is 0. The van der Waals surface area contributed by atoms with Crippen molar-refractivity contribution in [2.75, 3.05) is 6.61 Å². The van der Waals surface area contributed by atoms with E-state index in [1.807, 2.05) is 13.8 Å². The lowest BCUT2D eigenvalue weighted by Gasteiger charge is -2.13. The molecule has 0 aliphatic rings. The molecule has 0 heterocycles. The van der Waals surface area contributed by atoms with Crippen molar-refractivity contribution < 1.29 is 14.6 Å². The van der Waals surface area contributed by atoms with Crippen LogP contribution in [0, 0.1) is 5.92 Å². The molecule has 4 heteroatoms. The summed E-state index contributed by atoms with van der Waals surface area (Å²) in [6.45, 7) is 5.90. The first-order chi connectivity index (χ1) is 6.43. The van der Waals surface area contributed by atoms with Gasteiger partial charge in [-0.15, -0.1) is 0 Å². The van der Waals surface area contributed by atoms with Gasteiger partial charge in [-0.1, -0.05) is 13.8 Å². The molecule has 0 amide bonds. The minimum absolute atomic E-state index is 0.238. The fourth-order valence-electron chi connectivity index (χ4n) is 1.04. The predicted molar refractivity (Wildman–Crippen MR) is 54.7 cm³/mol. The molecule has 2 atom stereocenters. The van der Waals surface area contributed by atoms with Crippen LogP contribution in [-0.4, -0.2) is 29.8 Å². The Balaban J connectivity index is 3.62. The van der Waals surface area contributed by atoms with Crippen molar-refractivity contribution in [2.24, 2.45) is 11.7 Å². The van der Waals surface area contributed by atoms with E-state index in [-0.39, 0.29) is 12.6 Å². The molecule has 84 valence electrons. The SMILES string of the molecule is CC(C)C[C@H](N)C(=O)OCC[C@@H](C)O. The number of carbonyl (C=O) groups is 1. The maximum absolute atomic E-state index is 11.2. The Labute approximate surface area is 85.4 Å². The van der Waals surface area contributed by atoms with E-state index in [1.165, 1.54) is 0 Å². The number of hydrogen-bond donors (Lipinski definition) is 2. The van der Waals surface area contributed by atoms with Gasteiger partial charge >= 0.3 is 5.97 Å². The van der Waals surface area contributed by atoms with Gasteiger partial charge in [0.2, 0.25) is 0 Å². The highest BCUT2D eigenvalue weighted by molar-refractivity contribution is 5.75. The zero-order valence-electron chi connectivity index (χ0n) is 9.19. The predicted octanol–water partition coefficient (Wildman–Crippen LogP) is 0.674. The molecule has 0 aromatic carbocycles. The molecule has 0 aromatic heterocycles. The topological polar surface area (TPSA) is 72.6 Å². The summed E-state index contributed by atoms with van der Waals surface area (Å²) < 4.78 is 4.89. The second-order valence-corrected chi connectivity index (χ2v) is 4.04. The van der Waals surface area contributed by atoms with Crippen molar-refractivity contribution in [1.82, 2.24) is 0 Å². The van der Waals surface area contributed by atoms with Crippen LogP contribution in [0.4, 0.5) is 0 Å². The van der Waals surface area contributed by atoms with E-state index in [0.29, 0.717) is 18.8 Å². The van der Waals surface area contributed by atoms with Gasteiger partial charge in [0.25, 0.3) is 0 Å². The standard InChI is InChI=1S/C10H21NO3/c1-7(2)6-9(11)10(13)14-5-4-8(3)12/h7-9,12H,4-6,11H2,1-3H3/t8-,9+/m1/s1. The van der Waals surface area contributed by atoms with E-state index in [2.05, 4.69) is 0 Å². The van der Waals surface area contributed by atoms with Gasteiger partial charge in [0.05, 0.1) is 12.7 Å². The van der Waals surface area contributed by atoms with Crippen LogP contribution in [0.5, 0.6) is 0 Å². The molecule has 0 fully saturated rings. The highest BCUT2D eigenvalue weighted by Crippen LogP contribution is 2.04. The normalized spacial score (nSPS) is 15.3. The summed E-state index contributed by atoms with van der Waals surface area (Å²) in [5.41, 5.74) is 5.60. The molecule has 0 radical (unpaired) electrons. The summed E-state index contributed by atoms with van der Waals surface area (Å²) in [6.07, 6.45) is 0.650. The Morgan fingerprint density at radius 2 is 2.00 bits per heavy atom. The molecule has 0 spiro atoms. The lowest BCUT2D eigenvalue weighted by molar-refractivity contribution is -0.146. The summed E-state index contributed by atoms with van der Waals surface area (Å²) in [4.78, 5) is 11.2. The van der Waals surface area contributed by atoms with Gasteiger partial charge in [-0.05, 0) is 19.3 Å². The molecular weight excluding hydrogens is 182 g/mol. The van der Waals surface area contributed by atoms with Crippen molar-refractivity contribution in [1.29, 1.82) is 0 Å². The zero-order chi connectivity index (χ0) is 11.1. The van der Waals surface area contributed by atoms with Gasteiger partial charge in [0.15, 0.2) is 0 Å². The number of aliphatic hydroxyl groups is 1. The Hall–Kier alpha value is -0.610. The van der Waals surface area contributed by atoms with E-state index >= 15 is 0 Å². The Kier molecular flexibility index (Phi) is 6.49. The molecule has 0 saturated heterocycles. The second-order valence-electron chi connectivity index (χ2n) is 4.04. The van der Waals surface area contributed by atoms with Crippen LogP contribution < -0.4 is 5.73 Å². The first kappa shape index (κ1) is 13.4. The van der Waals surface area contributed by atoms with Crippen molar-refractivity contribution in [3.05, 3.63) is 0 Å². The van der Waals surface area contributed by atoms with Gasteiger partial charge in [-0.25, -0.2) is 0 Å². The van der Waals surface area contributed by atoms with Gasteiger partial charge in [0, 0.05) is 6.42 Å². The van der Waals surface area contributed by atoms with Crippen molar-refractivity contribution >= 4 is 5.97 Å². The molecule has 3 N–H and O–H groups in total. The van der Waals surface area contributed by atoms with Crippen LogP contribution >= 0.6 is 0 Å². The fraction of sp³-hybridized carbons (Fsp3) is 0.900. The van der Waals surface area contributed by atoms with E-state index in [4.69, 9.17) is 15.6 Å².